The van der Waals surface area contributed by atoms with Crippen LogP contribution in [0.1, 0.15) is 24.1 Å². The van der Waals surface area contributed by atoms with Gasteiger partial charge in [-0.3, -0.25) is 10.1 Å². The highest BCUT2D eigenvalue weighted by Crippen LogP contribution is 2.41. The number of hydrogen-bond donors (Lipinski definition) is 1. The fourth-order valence-corrected chi connectivity index (χ4v) is 4.42. The van der Waals surface area contributed by atoms with Crippen LogP contribution in [-0.2, 0) is 21.6 Å². The van der Waals surface area contributed by atoms with E-state index in [0.29, 0.717) is 19.7 Å². The largest absolute Gasteiger partial charge is 0.368 e. The van der Waals surface area contributed by atoms with Crippen LogP contribution in [0.3, 0.4) is 0 Å². The Kier molecular flexibility index (Phi) is 5.27. The lowest BCUT2D eigenvalue weighted by Crippen LogP contribution is -2.52. The van der Waals surface area contributed by atoms with Crippen LogP contribution in [0.25, 0.3) is 5.69 Å². The van der Waals surface area contributed by atoms with Gasteiger partial charge in [-0.05, 0) is 37.0 Å². The molecule has 1 atom stereocenters. The van der Waals surface area contributed by atoms with E-state index in [0.717, 1.165) is 37.2 Å². The molecular weight excluding hydrogens is 376 g/mol. The molecule has 1 amide bonds. The maximum atomic E-state index is 12.7. The number of carbonyl (C=O) groups is 1. The lowest BCUT2D eigenvalue weighted by molar-refractivity contribution is -0.142. The average molecular weight is 401 g/mol. The Labute approximate surface area is 171 Å². The SMILES string of the molecule is Cl.O=C(C1C=CCN1)N1CCC2(CC1)OCCc1cn(-c3ccccc3)nc12. The minimum atomic E-state index is -0.358. The fraction of sp³-hybridized carbons (Fsp3) is 0.429. The van der Waals surface area contributed by atoms with Crippen LogP contribution >= 0.6 is 12.4 Å². The van der Waals surface area contributed by atoms with Crippen LogP contribution in [0.4, 0.5) is 0 Å². The second-order valence-corrected chi connectivity index (χ2v) is 7.52. The molecule has 148 valence electrons. The van der Waals surface area contributed by atoms with E-state index < -0.39 is 0 Å². The predicted octanol–water partition coefficient (Wildman–Crippen LogP) is 2.21. The summed E-state index contributed by atoms with van der Waals surface area (Å²) in [5, 5.41) is 8.12. The van der Waals surface area contributed by atoms with Gasteiger partial charge in [0, 0.05) is 25.8 Å². The summed E-state index contributed by atoms with van der Waals surface area (Å²) in [4.78, 5) is 14.6. The van der Waals surface area contributed by atoms with Crippen LogP contribution in [0.15, 0.2) is 48.7 Å². The monoisotopic (exact) mass is 400 g/mol. The molecule has 1 unspecified atom stereocenters. The van der Waals surface area contributed by atoms with Crippen LogP contribution in [0, 0.1) is 0 Å². The smallest absolute Gasteiger partial charge is 0.243 e. The Morgan fingerprint density at radius 1 is 1.21 bits per heavy atom. The van der Waals surface area contributed by atoms with Crippen LogP contribution in [0.2, 0.25) is 0 Å². The first kappa shape index (κ1) is 19.2. The van der Waals surface area contributed by atoms with E-state index in [2.05, 4.69) is 23.6 Å². The number of piperidine rings is 1. The summed E-state index contributed by atoms with van der Waals surface area (Å²) in [6.45, 7) is 2.91. The number of likely N-dealkylation sites (tertiary alicyclic amines) is 1. The number of ether oxygens (including phenoxy) is 1. The van der Waals surface area contributed by atoms with Crippen molar-refractivity contribution in [2.45, 2.75) is 30.9 Å². The number of carbonyl (C=O) groups excluding carboxylic acids is 1. The van der Waals surface area contributed by atoms with Gasteiger partial charge in [0.15, 0.2) is 0 Å². The third-order valence-electron chi connectivity index (χ3n) is 5.93. The molecule has 0 radical (unpaired) electrons. The molecule has 0 aliphatic carbocycles. The number of fused-ring (bicyclic) bond motifs is 2. The van der Waals surface area contributed by atoms with Gasteiger partial charge in [-0.15, -0.1) is 12.4 Å². The Hall–Kier alpha value is -2.15. The summed E-state index contributed by atoms with van der Waals surface area (Å²) in [6.07, 6.45) is 8.61. The molecule has 5 rings (SSSR count). The minimum Gasteiger partial charge on any atom is -0.368 e. The maximum Gasteiger partial charge on any atom is 0.243 e. The molecule has 3 aliphatic heterocycles. The molecule has 1 aromatic carbocycles. The molecule has 28 heavy (non-hydrogen) atoms. The fourth-order valence-electron chi connectivity index (χ4n) is 4.42. The standard InChI is InChI=1S/C21H24N4O2.ClH/c26-20(18-7-4-11-22-18)24-12-9-21(10-13-24)19-16(8-14-27-21)15-25(23-19)17-5-2-1-3-6-17;/h1-7,15,18,22H,8-14H2;1H. The molecule has 1 aromatic heterocycles. The van der Waals surface area contributed by atoms with Crippen molar-refractivity contribution in [1.29, 1.82) is 0 Å². The van der Waals surface area contributed by atoms with Gasteiger partial charge in [-0.2, -0.15) is 5.10 Å². The number of aromatic nitrogens is 2. The zero-order chi connectivity index (χ0) is 18.3. The summed E-state index contributed by atoms with van der Waals surface area (Å²) in [7, 11) is 0. The first-order valence-corrected chi connectivity index (χ1v) is 9.72. The third kappa shape index (κ3) is 3.26. The topological polar surface area (TPSA) is 59.4 Å². The van der Waals surface area contributed by atoms with Gasteiger partial charge >= 0.3 is 0 Å². The summed E-state index contributed by atoms with van der Waals surface area (Å²) in [5.41, 5.74) is 3.03. The second-order valence-electron chi connectivity index (χ2n) is 7.52. The van der Waals surface area contributed by atoms with Crippen molar-refractivity contribution in [3.63, 3.8) is 0 Å². The van der Waals surface area contributed by atoms with Crippen molar-refractivity contribution in [2.24, 2.45) is 0 Å². The molecule has 0 saturated carbocycles. The highest BCUT2D eigenvalue weighted by atomic mass is 35.5. The van der Waals surface area contributed by atoms with E-state index in [1.54, 1.807) is 0 Å². The van der Waals surface area contributed by atoms with E-state index in [-0.39, 0.29) is 30.0 Å². The van der Waals surface area contributed by atoms with Crippen molar-refractivity contribution < 1.29 is 9.53 Å². The number of hydrogen-bond acceptors (Lipinski definition) is 4. The molecule has 6 nitrogen and oxygen atoms in total. The molecule has 3 aliphatic rings. The lowest BCUT2D eigenvalue weighted by Gasteiger charge is -2.43. The van der Waals surface area contributed by atoms with E-state index in [9.17, 15) is 4.79 Å². The molecule has 1 saturated heterocycles. The third-order valence-corrected chi connectivity index (χ3v) is 5.93. The Morgan fingerprint density at radius 2 is 2.00 bits per heavy atom. The number of amides is 1. The molecule has 1 spiro atoms. The van der Waals surface area contributed by atoms with E-state index >= 15 is 0 Å². The van der Waals surface area contributed by atoms with E-state index in [1.807, 2.05) is 39.9 Å². The van der Waals surface area contributed by atoms with Crippen molar-refractivity contribution in [3.05, 3.63) is 59.9 Å². The molecular formula is C21H25ClN4O2. The van der Waals surface area contributed by atoms with Crippen LogP contribution in [0.5, 0.6) is 0 Å². The summed E-state index contributed by atoms with van der Waals surface area (Å²) in [6, 6.07) is 10.0. The first-order chi connectivity index (χ1) is 13.3. The molecule has 1 N–H and O–H groups in total. The van der Waals surface area contributed by atoms with E-state index in [4.69, 9.17) is 9.84 Å². The normalized spacial score (nSPS) is 22.7. The number of nitrogens with one attached hydrogen (secondary N) is 1. The zero-order valence-electron chi connectivity index (χ0n) is 15.7. The second kappa shape index (κ2) is 7.70. The van der Waals surface area contributed by atoms with Crippen molar-refractivity contribution >= 4 is 18.3 Å². The molecule has 2 aromatic rings. The molecule has 7 heteroatoms. The predicted molar refractivity (Wildman–Crippen MR) is 109 cm³/mol. The highest BCUT2D eigenvalue weighted by Gasteiger charge is 2.44. The van der Waals surface area contributed by atoms with Crippen molar-refractivity contribution in [2.75, 3.05) is 26.2 Å². The number of rotatable bonds is 2. The van der Waals surface area contributed by atoms with Gasteiger partial charge in [0.2, 0.25) is 5.91 Å². The first-order valence-electron chi connectivity index (χ1n) is 9.72. The van der Waals surface area contributed by atoms with Gasteiger partial charge in [-0.1, -0.05) is 30.4 Å². The van der Waals surface area contributed by atoms with E-state index in [1.165, 1.54) is 5.56 Å². The Morgan fingerprint density at radius 3 is 2.71 bits per heavy atom. The molecule has 0 bridgehead atoms. The number of para-hydroxylation sites is 1. The maximum absolute atomic E-state index is 12.7. The minimum absolute atomic E-state index is 0. The van der Waals surface area contributed by atoms with Gasteiger partial charge in [0.25, 0.3) is 0 Å². The zero-order valence-corrected chi connectivity index (χ0v) is 16.5. The van der Waals surface area contributed by atoms with Crippen molar-refractivity contribution in [1.82, 2.24) is 20.0 Å². The summed E-state index contributed by atoms with van der Waals surface area (Å²) < 4.78 is 8.26. The van der Waals surface area contributed by atoms with Crippen LogP contribution < -0.4 is 5.32 Å². The summed E-state index contributed by atoms with van der Waals surface area (Å²) in [5.74, 6) is 0.171. The van der Waals surface area contributed by atoms with Gasteiger partial charge in [0.05, 0.1) is 18.0 Å². The molecule has 1 fully saturated rings. The van der Waals surface area contributed by atoms with Gasteiger partial charge < -0.3 is 9.64 Å². The number of benzene rings is 1. The average Bonchev–Trinajstić information content (AvgIpc) is 3.40. The number of halogens is 1. The Balaban J connectivity index is 0.00000192. The number of nitrogens with zero attached hydrogens (tertiary/aromatic N) is 3. The van der Waals surface area contributed by atoms with Crippen molar-refractivity contribution in [3.8, 4) is 5.69 Å². The molecule has 4 heterocycles. The highest BCUT2D eigenvalue weighted by molar-refractivity contribution is 5.85. The van der Waals surface area contributed by atoms with Gasteiger partial charge in [-0.25, -0.2) is 4.68 Å². The quantitative estimate of drug-likeness (QED) is 0.785. The Bertz CT molecular complexity index is 872. The van der Waals surface area contributed by atoms with Gasteiger partial charge in [0.1, 0.15) is 11.6 Å². The summed E-state index contributed by atoms with van der Waals surface area (Å²) >= 11 is 0. The van der Waals surface area contributed by atoms with Crippen LogP contribution in [-0.4, -0.2) is 52.9 Å². The lowest BCUT2D eigenvalue weighted by atomic mass is 9.83.